The zero-order valence-electron chi connectivity index (χ0n) is 10.5. The number of nitro benzene ring substituents is 2. The lowest BCUT2D eigenvalue weighted by molar-refractivity contribution is -0.394. The van der Waals surface area contributed by atoms with E-state index in [2.05, 4.69) is 15.4 Å². The Hall–Kier alpha value is -2.91. The molecule has 0 bridgehead atoms. The first-order valence-electron chi connectivity index (χ1n) is 5.73. The predicted molar refractivity (Wildman–Crippen MR) is 66.9 cm³/mol. The van der Waals surface area contributed by atoms with Gasteiger partial charge < -0.3 is 0 Å². The van der Waals surface area contributed by atoms with Crippen molar-refractivity contribution in [1.29, 1.82) is 0 Å². The summed E-state index contributed by atoms with van der Waals surface area (Å²) in [4.78, 5) is 21.5. The van der Waals surface area contributed by atoms with Crippen molar-refractivity contribution in [3.8, 4) is 11.4 Å². The van der Waals surface area contributed by atoms with Crippen LogP contribution in [0.3, 0.4) is 0 Å². The second kappa shape index (κ2) is 5.38. The first-order valence-corrected chi connectivity index (χ1v) is 5.73. The number of tetrazole rings is 1. The number of hydrogen-bond acceptors (Lipinski definition) is 7. The molecular weight excluding hydrogens is 268 g/mol. The third-order valence-electron chi connectivity index (χ3n) is 2.46. The Labute approximate surface area is 112 Å². The molecule has 0 spiro atoms. The highest BCUT2D eigenvalue weighted by atomic mass is 16.6. The maximum absolute atomic E-state index is 10.8. The molecule has 0 aliphatic heterocycles. The van der Waals surface area contributed by atoms with E-state index in [9.17, 15) is 20.2 Å². The van der Waals surface area contributed by atoms with Crippen molar-refractivity contribution in [3.05, 3.63) is 38.4 Å². The standard InChI is InChI=1S/C10H10N6O4/c1-2-3-14-12-10(11-13-14)7-4-8(15(17)18)6-9(5-7)16(19)20/h4-6H,2-3H2,1H3. The highest BCUT2D eigenvalue weighted by molar-refractivity contribution is 5.63. The minimum atomic E-state index is -0.701. The van der Waals surface area contributed by atoms with E-state index in [1.54, 1.807) is 0 Å². The Kier molecular flexibility index (Phi) is 3.64. The number of rotatable bonds is 5. The molecule has 1 heterocycles. The number of nitro groups is 2. The van der Waals surface area contributed by atoms with Crippen molar-refractivity contribution in [3.63, 3.8) is 0 Å². The summed E-state index contributed by atoms with van der Waals surface area (Å²) in [7, 11) is 0. The van der Waals surface area contributed by atoms with Crippen molar-refractivity contribution in [2.75, 3.05) is 0 Å². The number of nitrogens with zero attached hydrogens (tertiary/aromatic N) is 6. The highest BCUT2D eigenvalue weighted by Crippen LogP contribution is 2.27. The summed E-state index contributed by atoms with van der Waals surface area (Å²) in [5.41, 5.74) is -0.588. The zero-order valence-corrected chi connectivity index (χ0v) is 10.5. The molecule has 0 atom stereocenters. The second-order valence-electron chi connectivity index (χ2n) is 3.96. The number of aryl methyl sites for hydroxylation is 1. The fourth-order valence-electron chi connectivity index (χ4n) is 1.59. The molecule has 2 aromatic rings. The molecule has 0 fully saturated rings. The van der Waals surface area contributed by atoms with Gasteiger partial charge in [0, 0.05) is 17.7 Å². The summed E-state index contributed by atoms with van der Waals surface area (Å²) in [6.07, 6.45) is 0.797. The average Bonchev–Trinajstić information content (AvgIpc) is 2.87. The fraction of sp³-hybridized carbons (Fsp3) is 0.300. The summed E-state index contributed by atoms with van der Waals surface area (Å²) in [5.74, 6) is 0.116. The topological polar surface area (TPSA) is 130 Å². The van der Waals surface area contributed by atoms with Crippen LogP contribution < -0.4 is 0 Å². The smallest absolute Gasteiger partial charge is 0.258 e. The average molecular weight is 278 g/mol. The number of benzene rings is 1. The van der Waals surface area contributed by atoms with E-state index in [-0.39, 0.29) is 22.8 Å². The van der Waals surface area contributed by atoms with Crippen LogP contribution in [0.1, 0.15) is 13.3 Å². The molecule has 0 aliphatic rings. The van der Waals surface area contributed by atoms with Crippen LogP contribution in [0.2, 0.25) is 0 Å². The molecule has 104 valence electrons. The van der Waals surface area contributed by atoms with E-state index in [1.807, 2.05) is 6.92 Å². The van der Waals surface area contributed by atoms with Gasteiger partial charge >= 0.3 is 0 Å². The largest absolute Gasteiger partial charge is 0.277 e. The van der Waals surface area contributed by atoms with E-state index in [0.29, 0.717) is 6.54 Å². The van der Waals surface area contributed by atoms with Gasteiger partial charge in [0.2, 0.25) is 5.82 Å². The minimum absolute atomic E-state index is 0.116. The fourth-order valence-corrected chi connectivity index (χ4v) is 1.59. The first kappa shape index (κ1) is 13.5. The molecule has 0 amide bonds. The third-order valence-corrected chi connectivity index (χ3v) is 2.46. The summed E-state index contributed by atoms with van der Waals surface area (Å²) >= 11 is 0. The number of aromatic nitrogens is 4. The maximum Gasteiger partial charge on any atom is 0.277 e. The quantitative estimate of drug-likeness (QED) is 0.599. The summed E-state index contributed by atoms with van der Waals surface area (Å²) in [6, 6.07) is 3.25. The Morgan fingerprint density at radius 3 is 2.25 bits per heavy atom. The van der Waals surface area contributed by atoms with Gasteiger partial charge in [0.15, 0.2) is 0 Å². The Balaban J connectivity index is 2.48. The zero-order chi connectivity index (χ0) is 14.7. The highest BCUT2D eigenvalue weighted by Gasteiger charge is 2.19. The lowest BCUT2D eigenvalue weighted by Gasteiger charge is -1.97. The number of hydrogen-bond donors (Lipinski definition) is 0. The molecule has 0 saturated carbocycles. The van der Waals surface area contributed by atoms with Crippen molar-refractivity contribution in [2.45, 2.75) is 19.9 Å². The van der Waals surface area contributed by atoms with Crippen molar-refractivity contribution >= 4 is 11.4 Å². The van der Waals surface area contributed by atoms with Gasteiger partial charge in [-0.25, -0.2) is 0 Å². The van der Waals surface area contributed by atoms with Gasteiger partial charge in [-0.2, -0.15) is 4.80 Å². The molecule has 2 rings (SSSR count). The molecule has 0 unspecified atom stereocenters. The summed E-state index contributed by atoms with van der Waals surface area (Å²) < 4.78 is 0. The van der Waals surface area contributed by atoms with Gasteiger partial charge in [-0.1, -0.05) is 6.92 Å². The van der Waals surface area contributed by atoms with Crippen molar-refractivity contribution in [1.82, 2.24) is 20.2 Å². The number of non-ortho nitro benzene ring substituents is 2. The van der Waals surface area contributed by atoms with Crippen LogP contribution in [0.15, 0.2) is 18.2 Å². The SMILES string of the molecule is CCCn1nnc(-c2cc([N+](=O)[O-])cc([N+](=O)[O-])c2)n1. The molecular formula is C10H10N6O4. The van der Waals surface area contributed by atoms with Crippen LogP contribution in [-0.2, 0) is 6.54 Å². The van der Waals surface area contributed by atoms with Crippen molar-refractivity contribution in [2.24, 2.45) is 0 Å². The van der Waals surface area contributed by atoms with Gasteiger partial charge in [-0.05, 0) is 11.6 Å². The van der Waals surface area contributed by atoms with Crippen LogP contribution in [0.25, 0.3) is 11.4 Å². The van der Waals surface area contributed by atoms with Crippen LogP contribution in [-0.4, -0.2) is 30.1 Å². The monoisotopic (exact) mass is 278 g/mol. The molecule has 0 N–H and O–H groups in total. The Bertz CT molecular complexity index is 635. The van der Waals surface area contributed by atoms with Gasteiger partial charge in [-0.15, -0.1) is 10.2 Å². The molecule has 0 radical (unpaired) electrons. The third kappa shape index (κ3) is 2.74. The van der Waals surface area contributed by atoms with Crippen LogP contribution >= 0.6 is 0 Å². The van der Waals surface area contributed by atoms with Gasteiger partial charge in [0.1, 0.15) is 0 Å². The molecule has 0 saturated heterocycles. The Morgan fingerprint density at radius 1 is 1.15 bits per heavy atom. The van der Waals surface area contributed by atoms with Crippen LogP contribution in [0, 0.1) is 20.2 Å². The van der Waals surface area contributed by atoms with E-state index in [1.165, 1.54) is 16.9 Å². The minimum Gasteiger partial charge on any atom is -0.258 e. The summed E-state index contributed by atoms with van der Waals surface area (Å²) in [6.45, 7) is 2.48. The molecule has 1 aromatic carbocycles. The maximum atomic E-state index is 10.8. The predicted octanol–water partition coefficient (Wildman–Crippen LogP) is 1.57. The van der Waals surface area contributed by atoms with Gasteiger partial charge in [-0.3, -0.25) is 20.2 Å². The van der Waals surface area contributed by atoms with Crippen LogP contribution in [0.5, 0.6) is 0 Å². The Morgan fingerprint density at radius 2 is 1.75 bits per heavy atom. The first-order chi connectivity index (χ1) is 9.51. The van der Waals surface area contributed by atoms with E-state index in [0.717, 1.165) is 12.5 Å². The van der Waals surface area contributed by atoms with Crippen LogP contribution in [0.4, 0.5) is 11.4 Å². The summed E-state index contributed by atoms with van der Waals surface area (Å²) in [5, 5.41) is 33.1. The molecule has 1 aromatic heterocycles. The molecule has 10 nitrogen and oxygen atoms in total. The van der Waals surface area contributed by atoms with E-state index in [4.69, 9.17) is 0 Å². The molecule has 0 aliphatic carbocycles. The van der Waals surface area contributed by atoms with Gasteiger partial charge in [0.25, 0.3) is 11.4 Å². The van der Waals surface area contributed by atoms with E-state index >= 15 is 0 Å². The lowest BCUT2D eigenvalue weighted by atomic mass is 10.1. The van der Waals surface area contributed by atoms with Crippen molar-refractivity contribution < 1.29 is 9.85 Å². The molecule has 10 heteroatoms. The second-order valence-corrected chi connectivity index (χ2v) is 3.96. The van der Waals surface area contributed by atoms with Gasteiger partial charge in [0.05, 0.1) is 22.5 Å². The normalized spacial score (nSPS) is 10.4. The lowest BCUT2D eigenvalue weighted by Crippen LogP contribution is -2.01. The molecule has 20 heavy (non-hydrogen) atoms. The van der Waals surface area contributed by atoms with E-state index < -0.39 is 9.85 Å².